The van der Waals surface area contributed by atoms with E-state index in [1.165, 1.54) is 7.05 Å². The normalized spacial score (nSPS) is 13.5. The molecular weight excluding hydrogens is 458 g/mol. The van der Waals surface area contributed by atoms with Crippen LogP contribution in [0.25, 0.3) is 17.2 Å². The Hall–Kier alpha value is -3.14. The lowest BCUT2D eigenvalue weighted by Gasteiger charge is -2.13. The number of aryl methyl sites for hydroxylation is 1. The molecule has 9 nitrogen and oxygen atoms in total. The van der Waals surface area contributed by atoms with E-state index in [1.54, 1.807) is 0 Å². The van der Waals surface area contributed by atoms with Gasteiger partial charge in [-0.25, -0.2) is 0 Å². The highest BCUT2D eigenvalue weighted by Crippen LogP contribution is 2.38. The summed E-state index contributed by atoms with van der Waals surface area (Å²) in [6.45, 7) is 0. The van der Waals surface area contributed by atoms with Crippen molar-refractivity contribution in [2.45, 2.75) is 17.5 Å². The number of aromatic nitrogens is 5. The molecule has 0 fully saturated rings. The van der Waals surface area contributed by atoms with E-state index in [2.05, 4.69) is 15.1 Å². The Morgan fingerprint density at radius 2 is 1.61 bits per heavy atom. The smallest absolute Gasteiger partial charge is 0.416 e. The van der Waals surface area contributed by atoms with Gasteiger partial charge in [-0.3, -0.25) is 4.57 Å². The average Bonchev–Trinajstić information content (AvgIpc) is 3.23. The number of alkyl halides is 6. The average molecular weight is 468 g/mol. The minimum absolute atomic E-state index is 0.0641. The highest BCUT2D eigenvalue weighted by molar-refractivity contribution is 7.90. The van der Waals surface area contributed by atoms with E-state index >= 15 is 0 Å². The van der Waals surface area contributed by atoms with E-state index in [1.807, 2.05) is 0 Å². The van der Waals surface area contributed by atoms with Crippen LogP contribution in [0.2, 0.25) is 0 Å². The van der Waals surface area contributed by atoms with Gasteiger partial charge in [0, 0.05) is 23.8 Å². The lowest BCUT2D eigenvalue weighted by molar-refractivity contribution is -0.389. The van der Waals surface area contributed by atoms with Crippen LogP contribution in [0.1, 0.15) is 11.1 Å². The lowest BCUT2D eigenvalue weighted by Crippen LogP contribution is -2.13. The maximum absolute atomic E-state index is 13.1. The van der Waals surface area contributed by atoms with Gasteiger partial charge in [-0.15, -0.1) is 9.78 Å². The standard InChI is InChI=1S/C15H10F6N6O3S/c1-25-6-22-11(27(28)29)12(25)26-13(31(2)30)23-10(24-26)7-3-8(14(16,17)18)5-9(4-7)15(19,20)21/h3-6H,1-2H3. The second-order valence-electron chi connectivity index (χ2n) is 6.14. The highest BCUT2D eigenvalue weighted by Gasteiger charge is 2.38. The Kier molecular flexibility index (Phi) is 5.47. The molecule has 2 heterocycles. The lowest BCUT2D eigenvalue weighted by atomic mass is 10.0. The molecule has 166 valence electrons. The van der Waals surface area contributed by atoms with Crippen molar-refractivity contribution >= 4 is 17.0 Å². The van der Waals surface area contributed by atoms with Crippen molar-refractivity contribution < 1.29 is 35.8 Å². The Morgan fingerprint density at radius 1 is 1.06 bits per heavy atom. The molecule has 1 unspecified atom stereocenters. The summed E-state index contributed by atoms with van der Waals surface area (Å²) in [4.78, 5) is 17.7. The minimum atomic E-state index is -5.10. The van der Waals surface area contributed by atoms with Crippen LogP contribution < -0.4 is 0 Å². The van der Waals surface area contributed by atoms with Gasteiger partial charge < -0.3 is 14.7 Å². The second kappa shape index (κ2) is 7.52. The summed E-state index contributed by atoms with van der Waals surface area (Å²) in [6.07, 6.45) is -8.06. The van der Waals surface area contributed by atoms with E-state index in [4.69, 9.17) is 0 Å². The second-order valence-corrected chi connectivity index (χ2v) is 7.41. The van der Waals surface area contributed by atoms with Crippen LogP contribution in [0.15, 0.2) is 29.7 Å². The summed E-state index contributed by atoms with van der Waals surface area (Å²) >= 11 is -1.97. The zero-order chi connectivity index (χ0) is 23.3. The first-order valence-corrected chi connectivity index (χ1v) is 9.52. The van der Waals surface area contributed by atoms with Crippen molar-refractivity contribution in [1.29, 1.82) is 0 Å². The summed E-state index contributed by atoms with van der Waals surface area (Å²) in [6, 6.07) is 0.731. The topological polar surface area (TPSA) is 115 Å². The molecule has 3 aromatic rings. The fourth-order valence-electron chi connectivity index (χ4n) is 2.61. The molecule has 0 N–H and O–H groups in total. The van der Waals surface area contributed by atoms with Crippen LogP contribution in [0.4, 0.5) is 32.2 Å². The number of nitro groups is 1. The van der Waals surface area contributed by atoms with Gasteiger partial charge in [0.15, 0.2) is 5.82 Å². The van der Waals surface area contributed by atoms with Crippen LogP contribution in [0.5, 0.6) is 0 Å². The van der Waals surface area contributed by atoms with Crippen molar-refractivity contribution in [3.8, 4) is 17.2 Å². The van der Waals surface area contributed by atoms with Gasteiger partial charge in [0.1, 0.15) is 6.26 Å². The van der Waals surface area contributed by atoms with Gasteiger partial charge in [-0.2, -0.15) is 31.3 Å². The monoisotopic (exact) mass is 468 g/mol. The van der Waals surface area contributed by atoms with Gasteiger partial charge in [0.05, 0.1) is 11.1 Å². The molecule has 0 aliphatic heterocycles. The Balaban J connectivity index is 2.28. The fourth-order valence-corrected chi connectivity index (χ4v) is 3.20. The van der Waals surface area contributed by atoms with Crippen molar-refractivity contribution in [3.05, 3.63) is 45.8 Å². The Bertz CT molecular complexity index is 1120. The van der Waals surface area contributed by atoms with Crippen LogP contribution in [0.3, 0.4) is 0 Å². The molecule has 1 atom stereocenters. The molecule has 3 rings (SSSR count). The van der Waals surface area contributed by atoms with Gasteiger partial charge in [-0.05, 0) is 28.1 Å². The van der Waals surface area contributed by atoms with E-state index in [0.29, 0.717) is 16.8 Å². The number of halogens is 6. The maximum Gasteiger partial charge on any atom is 0.416 e. The van der Waals surface area contributed by atoms with Gasteiger partial charge in [0.2, 0.25) is 12.1 Å². The molecule has 0 radical (unpaired) electrons. The van der Waals surface area contributed by atoms with Crippen LogP contribution in [-0.2, 0) is 30.6 Å². The molecule has 0 saturated heterocycles. The first-order chi connectivity index (χ1) is 14.2. The number of imidazole rings is 1. The van der Waals surface area contributed by atoms with E-state index in [0.717, 1.165) is 17.2 Å². The van der Waals surface area contributed by atoms with Crippen LogP contribution >= 0.6 is 0 Å². The summed E-state index contributed by atoms with van der Waals surface area (Å²) in [5.41, 5.74) is -3.86. The minimum Gasteiger partial charge on any atom is -0.609 e. The molecule has 1 aromatic carbocycles. The summed E-state index contributed by atoms with van der Waals surface area (Å²) in [5.74, 6) is -1.71. The van der Waals surface area contributed by atoms with Crippen LogP contribution in [0, 0.1) is 10.1 Å². The SMILES string of the molecule is Cn1cnc([N+](=O)[O-])c1-n1nc(-c2cc(C(F)(F)F)cc(C(F)(F)F)c2)nc1[S+](C)[O-]. The molecule has 0 aliphatic carbocycles. The number of hydrogen-bond donors (Lipinski definition) is 0. The molecule has 2 aromatic heterocycles. The number of nitrogens with zero attached hydrogens (tertiary/aromatic N) is 6. The summed E-state index contributed by atoms with van der Waals surface area (Å²) < 4.78 is 92.7. The first kappa shape index (κ1) is 22.5. The zero-order valence-corrected chi connectivity index (χ0v) is 16.2. The molecule has 0 saturated carbocycles. The Morgan fingerprint density at radius 3 is 2.06 bits per heavy atom. The van der Waals surface area contributed by atoms with E-state index in [-0.39, 0.29) is 11.9 Å². The highest BCUT2D eigenvalue weighted by atomic mass is 32.2. The molecule has 0 amide bonds. The number of rotatable bonds is 4. The molecule has 0 aliphatic rings. The first-order valence-electron chi connectivity index (χ1n) is 7.96. The zero-order valence-electron chi connectivity index (χ0n) is 15.4. The molecular formula is C15H10F6N6O3S. The quantitative estimate of drug-likeness (QED) is 0.251. The molecule has 0 bridgehead atoms. The predicted molar refractivity (Wildman–Crippen MR) is 92.6 cm³/mol. The molecule has 16 heteroatoms. The third kappa shape index (κ3) is 4.34. The van der Waals surface area contributed by atoms with Gasteiger partial charge in [-0.1, -0.05) is 0 Å². The van der Waals surface area contributed by atoms with Crippen LogP contribution in [-0.4, -0.2) is 40.0 Å². The van der Waals surface area contributed by atoms with Crippen molar-refractivity contribution in [3.63, 3.8) is 0 Å². The number of benzene rings is 1. The van der Waals surface area contributed by atoms with Gasteiger partial charge in [0.25, 0.3) is 0 Å². The van der Waals surface area contributed by atoms with E-state index < -0.39 is 61.9 Å². The summed E-state index contributed by atoms with van der Waals surface area (Å²) in [5, 5.41) is 14.6. The number of hydrogen-bond acceptors (Lipinski definition) is 6. The third-order valence-electron chi connectivity index (χ3n) is 3.94. The van der Waals surface area contributed by atoms with Crippen molar-refractivity contribution in [2.24, 2.45) is 7.05 Å². The molecule has 0 spiro atoms. The largest absolute Gasteiger partial charge is 0.609 e. The fraction of sp³-hybridized carbons (Fsp3) is 0.267. The Labute approximate surface area is 171 Å². The van der Waals surface area contributed by atoms with Gasteiger partial charge >= 0.3 is 23.3 Å². The van der Waals surface area contributed by atoms with Crippen molar-refractivity contribution in [1.82, 2.24) is 24.3 Å². The third-order valence-corrected chi connectivity index (χ3v) is 4.72. The van der Waals surface area contributed by atoms with Crippen molar-refractivity contribution in [2.75, 3.05) is 6.26 Å². The van der Waals surface area contributed by atoms with E-state index in [9.17, 15) is 41.0 Å². The summed E-state index contributed by atoms with van der Waals surface area (Å²) in [7, 11) is 1.32. The maximum atomic E-state index is 13.1. The molecule has 31 heavy (non-hydrogen) atoms. The predicted octanol–water partition coefficient (Wildman–Crippen LogP) is 3.35.